The van der Waals surface area contributed by atoms with Crippen LogP contribution in [-0.4, -0.2) is 69.1 Å². The molecule has 1 aliphatic rings. The Balaban J connectivity index is 1.39. The summed E-state index contributed by atoms with van der Waals surface area (Å²) in [7, 11) is 3.62. The van der Waals surface area contributed by atoms with Gasteiger partial charge in [-0.05, 0) is 73.8 Å². The maximum absolute atomic E-state index is 13.6. The van der Waals surface area contributed by atoms with Gasteiger partial charge in [0.05, 0.1) is 19.3 Å². The lowest BCUT2D eigenvalue weighted by Crippen LogP contribution is -2.56. The van der Waals surface area contributed by atoms with Crippen LogP contribution in [0.25, 0.3) is 10.8 Å². The number of likely N-dealkylation sites (N-methyl/N-ethyl adjacent to an activating group) is 1. The van der Waals surface area contributed by atoms with E-state index < -0.39 is 6.04 Å². The Morgan fingerprint density at radius 2 is 1.63 bits per heavy atom. The molecule has 3 aromatic rings. The van der Waals surface area contributed by atoms with Gasteiger partial charge in [-0.25, -0.2) is 0 Å². The summed E-state index contributed by atoms with van der Waals surface area (Å²) in [5.41, 5.74) is 2.36. The maximum atomic E-state index is 13.6. The predicted molar refractivity (Wildman–Crippen MR) is 152 cm³/mol. The van der Waals surface area contributed by atoms with Crippen LogP contribution in [0.5, 0.6) is 0 Å². The number of likely N-dealkylation sites (tertiary alicyclic amines) is 1. The van der Waals surface area contributed by atoms with E-state index in [4.69, 9.17) is 4.74 Å². The third kappa shape index (κ3) is 7.40. The summed E-state index contributed by atoms with van der Waals surface area (Å²) in [5.74, 6) is 0.189. The standard InChI is InChI=1S/C31H40N4O3/c1-32-17-14-28(33-2)30(36)34-29(22-38-21-23-12-13-25-10-6-7-11-27(25)20-23)31(37)35-18-15-26(16-19-35)24-8-4-3-5-9-24/h3-13,20,26,28-29,32-33H,14-19,21-22H2,1-2H3,(H,34,36)/t28-,29+/m0/s1. The van der Waals surface area contributed by atoms with E-state index in [0.29, 0.717) is 38.6 Å². The quantitative estimate of drug-likeness (QED) is 0.344. The van der Waals surface area contributed by atoms with E-state index in [1.165, 1.54) is 10.9 Å². The number of fused-ring (bicyclic) bond motifs is 1. The van der Waals surface area contributed by atoms with Crippen molar-refractivity contribution in [3.8, 4) is 0 Å². The number of hydrogen-bond donors (Lipinski definition) is 3. The molecule has 7 heteroatoms. The average Bonchev–Trinajstić information content (AvgIpc) is 2.97. The van der Waals surface area contributed by atoms with Crippen molar-refractivity contribution in [2.75, 3.05) is 40.3 Å². The summed E-state index contributed by atoms with van der Waals surface area (Å²) in [6, 6.07) is 23.8. The van der Waals surface area contributed by atoms with Crippen LogP contribution in [0.4, 0.5) is 0 Å². The number of carbonyl (C=O) groups excluding carboxylic acids is 2. The number of rotatable bonds is 12. The average molecular weight is 517 g/mol. The van der Waals surface area contributed by atoms with Crippen LogP contribution >= 0.6 is 0 Å². The molecule has 4 rings (SSSR count). The molecule has 2 amide bonds. The Morgan fingerprint density at radius 1 is 0.921 bits per heavy atom. The summed E-state index contributed by atoms with van der Waals surface area (Å²) < 4.78 is 6.03. The van der Waals surface area contributed by atoms with E-state index in [1.54, 1.807) is 7.05 Å². The minimum atomic E-state index is -0.735. The molecule has 0 aliphatic carbocycles. The second-order valence-electron chi connectivity index (χ2n) is 10.0. The van der Waals surface area contributed by atoms with Gasteiger partial charge >= 0.3 is 0 Å². The van der Waals surface area contributed by atoms with E-state index in [1.807, 2.05) is 36.2 Å². The molecule has 3 N–H and O–H groups in total. The van der Waals surface area contributed by atoms with Gasteiger partial charge in [-0.2, -0.15) is 0 Å². The molecule has 2 atom stereocenters. The highest BCUT2D eigenvalue weighted by Crippen LogP contribution is 2.28. The molecule has 1 saturated heterocycles. The van der Waals surface area contributed by atoms with Gasteiger partial charge in [-0.15, -0.1) is 0 Å². The van der Waals surface area contributed by atoms with Crippen LogP contribution in [0.2, 0.25) is 0 Å². The predicted octanol–water partition coefficient (Wildman–Crippen LogP) is 3.44. The SMILES string of the molecule is CNCC[C@H](NC)C(=O)N[C@H](COCc1ccc2ccccc2c1)C(=O)N1CCC(c2ccccc2)CC1. The molecule has 0 bridgehead atoms. The molecule has 0 unspecified atom stereocenters. The highest BCUT2D eigenvalue weighted by molar-refractivity contribution is 5.90. The van der Waals surface area contributed by atoms with Crippen molar-refractivity contribution in [3.63, 3.8) is 0 Å². The zero-order valence-corrected chi connectivity index (χ0v) is 22.5. The molecule has 1 aliphatic heterocycles. The molecular weight excluding hydrogens is 476 g/mol. The van der Waals surface area contributed by atoms with Crippen LogP contribution in [0.15, 0.2) is 72.8 Å². The zero-order valence-electron chi connectivity index (χ0n) is 22.5. The Morgan fingerprint density at radius 3 is 2.34 bits per heavy atom. The fourth-order valence-electron chi connectivity index (χ4n) is 5.14. The fraction of sp³-hybridized carbons (Fsp3) is 0.419. The lowest BCUT2D eigenvalue weighted by atomic mass is 9.89. The number of ether oxygens (including phenoxy) is 1. The van der Waals surface area contributed by atoms with Gasteiger partial charge in [0.25, 0.3) is 0 Å². The van der Waals surface area contributed by atoms with E-state index in [2.05, 4.69) is 64.5 Å². The highest BCUT2D eigenvalue weighted by Gasteiger charge is 2.31. The van der Waals surface area contributed by atoms with Crippen molar-refractivity contribution in [1.29, 1.82) is 0 Å². The van der Waals surface area contributed by atoms with Crippen molar-refractivity contribution in [2.45, 2.75) is 43.9 Å². The molecule has 1 fully saturated rings. The molecule has 38 heavy (non-hydrogen) atoms. The van der Waals surface area contributed by atoms with Gasteiger partial charge in [0.15, 0.2) is 0 Å². The third-order valence-corrected chi connectivity index (χ3v) is 7.41. The van der Waals surface area contributed by atoms with E-state index in [-0.39, 0.29) is 24.5 Å². The molecule has 7 nitrogen and oxygen atoms in total. The van der Waals surface area contributed by atoms with E-state index in [9.17, 15) is 9.59 Å². The number of benzene rings is 3. The fourth-order valence-corrected chi connectivity index (χ4v) is 5.14. The van der Waals surface area contributed by atoms with Gasteiger partial charge in [-0.3, -0.25) is 9.59 Å². The molecule has 0 saturated carbocycles. The molecule has 0 radical (unpaired) electrons. The van der Waals surface area contributed by atoms with Crippen LogP contribution in [0.1, 0.15) is 36.3 Å². The van der Waals surface area contributed by atoms with Crippen molar-refractivity contribution < 1.29 is 14.3 Å². The summed E-state index contributed by atoms with van der Waals surface area (Å²) in [6.45, 7) is 2.53. The number of piperidine rings is 1. The highest BCUT2D eigenvalue weighted by atomic mass is 16.5. The van der Waals surface area contributed by atoms with Gasteiger partial charge < -0.3 is 25.6 Å². The van der Waals surface area contributed by atoms with Crippen molar-refractivity contribution in [3.05, 3.63) is 83.9 Å². The number of nitrogens with zero attached hydrogens (tertiary/aromatic N) is 1. The first-order valence-electron chi connectivity index (χ1n) is 13.6. The van der Waals surface area contributed by atoms with Crippen LogP contribution in [0, 0.1) is 0 Å². The first-order valence-corrected chi connectivity index (χ1v) is 13.6. The first-order chi connectivity index (χ1) is 18.6. The molecule has 0 spiro atoms. The molecular formula is C31H40N4O3. The normalized spacial score (nSPS) is 15.8. The topological polar surface area (TPSA) is 82.7 Å². The molecule has 1 heterocycles. The minimum Gasteiger partial charge on any atom is -0.374 e. The van der Waals surface area contributed by atoms with Crippen molar-refractivity contribution in [1.82, 2.24) is 20.9 Å². The third-order valence-electron chi connectivity index (χ3n) is 7.41. The maximum Gasteiger partial charge on any atom is 0.247 e. The van der Waals surface area contributed by atoms with Crippen LogP contribution in [0.3, 0.4) is 0 Å². The smallest absolute Gasteiger partial charge is 0.247 e. The van der Waals surface area contributed by atoms with Gasteiger partial charge in [0.1, 0.15) is 6.04 Å². The van der Waals surface area contributed by atoms with Gasteiger partial charge in [0, 0.05) is 13.1 Å². The summed E-state index contributed by atoms with van der Waals surface area (Å²) in [4.78, 5) is 28.6. The largest absolute Gasteiger partial charge is 0.374 e. The first kappa shape index (κ1) is 27.8. The van der Waals surface area contributed by atoms with Crippen LogP contribution in [-0.2, 0) is 20.9 Å². The number of carbonyl (C=O) groups is 2. The van der Waals surface area contributed by atoms with E-state index in [0.717, 1.165) is 23.8 Å². The number of nitrogens with one attached hydrogen (secondary N) is 3. The van der Waals surface area contributed by atoms with E-state index >= 15 is 0 Å². The monoisotopic (exact) mass is 516 g/mol. The van der Waals surface area contributed by atoms with Crippen LogP contribution < -0.4 is 16.0 Å². The molecule has 3 aromatic carbocycles. The Bertz CT molecular complexity index is 1180. The molecule has 202 valence electrons. The van der Waals surface area contributed by atoms with Crippen molar-refractivity contribution in [2.24, 2.45) is 0 Å². The summed E-state index contributed by atoms with van der Waals surface area (Å²) in [5, 5.41) is 11.5. The van der Waals surface area contributed by atoms with Gasteiger partial charge in [0.2, 0.25) is 11.8 Å². The summed E-state index contributed by atoms with van der Waals surface area (Å²) in [6.07, 6.45) is 2.45. The second kappa shape index (κ2) is 14.0. The Kier molecular flexibility index (Phi) is 10.3. The number of amides is 2. The summed E-state index contributed by atoms with van der Waals surface area (Å²) >= 11 is 0. The van der Waals surface area contributed by atoms with Crippen molar-refractivity contribution >= 4 is 22.6 Å². The van der Waals surface area contributed by atoms with Gasteiger partial charge in [-0.1, -0.05) is 66.7 Å². The second-order valence-corrected chi connectivity index (χ2v) is 10.0. The zero-order chi connectivity index (χ0) is 26.7. The number of hydrogen-bond acceptors (Lipinski definition) is 5. The Hall–Kier alpha value is -3.26. The molecule has 0 aromatic heterocycles. The minimum absolute atomic E-state index is 0.0770. The lowest BCUT2D eigenvalue weighted by molar-refractivity contribution is -0.139. The Labute approximate surface area is 225 Å². The lowest BCUT2D eigenvalue weighted by Gasteiger charge is -2.35.